The van der Waals surface area contributed by atoms with Gasteiger partial charge < -0.3 is 19.5 Å². The summed E-state index contributed by atoms with van der Waals surface area (Å²) in [6, 6.07) is 3.44. The molecule has 0 spiro atoms. The summed E-state index contributed by atoms with van der Waals surface area (Å²) in [7, 11) is 0. The number of aryl methyl sites for hydroxylation is 2. The first-order valence-electron chi connectivity index (χ1n) is 8.07. The van der Waals surface area contributed by atoms with Crippen LogP contribution in [-0.2, 0) is 0 Å². The fourth-order valence-corrected chi connectivity index (χ4v) is 2.59. The zero-order valence-corrected chi connectivity index (χ0v) is 13.9. The summed E-state index contributed by atoms with van der Waals surface area (Å²) >= 11 is 0. The van der Waals surface area contributed by atoms with Crippen LogP contribution in [0.2, 0.25) is 0 Å². The van der Waals surface area contributed by atoms with Crippen molar-refractivity contribution in [3.05, 3.63) is 29.4 Å². The van der Waals surface area contributed by atoms with Crippen molar-refractivity contribution in [2.24, 2.45) is 0 Å². The zero-order chi connectivity index (χ0) is 16.9. The van der Waals surface area contributed by atoms with Gasteiger partial charge in [-0.3, -0.25) is 4.79 Å². The summed E-state index contributed by atoms with van der Waals surface area (Å²) in [6.07, 6.45) is 2.37. The molecule has 1 aliphatic heterocycles. The molecule has 8 heteroatoms. The van der Waals surface area contributed by atoms with Gasteiger partial charge in [0.1, 0.15) is 24.0 Å². The van der Waals surface area contributed by atoms with Crippen molar-refractivity contribution in [3.63, 3.8) is 0 Å². The lowest BCUT2D eigenvalue weighted by molar-refractivity contribution is 0.0937. The lowest BCUT2D eigenvalue weighted by Crippen LogP contribution is -2.28. The van der Waals surface area contributed by atoms with Crippen LogP contribution in [-0.4, -0.2) is 47.3 Å². The molecule has 0 bridgehead atoms. The minimum atomic E-state index is -0.285. The van der Waals surface area contributed by atoms with Crippen LogP contribution < -0.4 is 15.0 Å². The normalized spacial score (nSPS) is 14.0. The molecular weight excluding hydrogens is 310 g/mol. The lowest BCUT2D eigenvalue weighted by atomic mass is 10.3. The highest BCUT2D eigenvalue weighted by Crippen LogP contribution is 2.21. The minimum absolute atomic E-state index is 0.265. The molecule has 3 rings (SSSR count). The molecule has 2 aromatic rings. The van der Waals surface area contributed by atoms with E-state index >= 15 is 0 Å². The van der Waals surface area contributed by atoms with E-state index in [2.05, 4.69) is 25.3 Å². The van der Waals surface area contributed by atoms with E-state index in [1.807, 2.05) is 13.0 Å². The SMILES string of the molecule is Cc1nc(OCCNC(=O)c2cc(C)on2)cc(N2CCCC2)n1. The van der Waals surface area contributed by atoms with Gasteiger partial charge in [-0.1, -0.05) is 5.16 Å². The quantitative estimate of drug-likeness (QED) is 0.802. The predicted octanol–water partition coefficient (Wildman–Crippen LogP) is 1.49. The molecule has 24 heavy (non-hydrogen) atoms. The molecule has 0 saturated carbocycles. The highest BCUT2D eigenvalue weighted by atomic mass is 16.5. The Morgan fingerprint density at radius 2 is 2.08 bits per heavy atom. The summed E-state index contributed by atoms with van der Waals surface area (Å²) in [5, 5.41) is 6.39. The van der Waals surface area contributed by atoms with Crippen molar-refractivity contribution < 1.29 is 14.1 Å². The van der Waals surface area contributed by atoms with E-state index in [1.165, 1.54) is 12.8 Å². The van der Waals surface area contributed by atoms with Crippen LogP contribution in [0.5, 0.6) is 5.88 Å². The number of hydrogen-bond acceptors (Lipinski definition) is 7. The van der Waals surface area contributed by atoms with Crippen molar-refractivity contribution in [3.8, 4) is 5.88 Å². The Labute approximate surface area is 140 Å². The molecule has 1 amide bonds. The molecule has 1 saturated heterocycles. The number of nitrogens with one attached hydrogen (secondary N) is 1. The predicted molar refractivity (Wildman–Crippen MR) is 87.3 cm³/mol. The van der Waals surface area contributed by atoms with Crippen LogP contribution in [0.3, 0.4) is 0 Å². The summed E-state index contributed by atoms with van der Waals surface area (Å²) in [5.41, 5.74) is 0.265. The first kappa shape index (κ1) is 16.2. The second kappa shape index (κ2) is 7.29. The van der Waals surface area contributed by atoms with Gasteiger partial charge in [-0.15, -0.1) is 0 Å². The molecule has 128 valence electrons. The fourth-order valence-electron chi connectivity index (χ4n) is 2.59. The van der Waals surface area contributed by atoms with Crippen LogP contribution in [0.15, 0.2) is 16.7 Å². The Hall–Kier alpha value is -2.64. The van der Waals surface area contributed by atoms with Crippen molar-refractivity contribution >= 4 is 11.7 Å². The largest absolute Gasteiger partial charge is 0.476 e. The third-order valence-electron chi connectivity index (χ3n) is 3.73. The highest BCUT2D eigenvalue weighted by Gasteiger charge is 2.15. The van der Waals surface area contributed by atoms with Gasteiger partial charge in [-0.2, -0.15) is 4.98 Å². The van der Waals surface area contributed by atoms with Gasteiger partial charge in [0.25, 0.3) is 5.91 Å². The molecule has 1 fully saturated rings. The molecule has 0 unspecified atom stereocenters. The first-order chi connectivity index (χ1) is 11.6. The summed E-state index contributed by atoms with van der Waals surface area (Å²) < 4.78 is 10.5. The van der Waals surface area contributed by atoms with E-state index in [0.29, 0.717) is 30.6 Å². The summed E-state index contributed by atoms with van der Waals surface area (Å²) in [6.45, 7) is 6.29. The number of carbonyl (C=O) groups excluding carboxylic acids is 1. The number of rotatable bonds is 6. The van der Waals surface area contributed by atoms with E-state index in [9.17, 15) is 4.79 Å². The van der Waals surface area contributed by atoms with Gasteiger partial charge >= 0.3 is 0 Å². The number of carbonyl (C=O) groups is 1. The van der Waals surface area contributed by atoms with Crippen molar-refractivity contribution in [1.82, 2.24) is 20.4 Å². The average molecular weight is 331 g/mol. The third kappa shape index (κ3) is 4.01. The second-order valence-electron chi connectivity index (χ2n) is 5.73. The Bertz CT molecular complexity index is 709. The van der Waals surface area contributed by atoms with E-state index < -0.39 is 0 Å². The van der Waals surface area contributed by atoms with Gasteiger partial charge in [0, 0.05) is 25.2 Å². The first-order valence-corrected chi connectivity index (χ1v) is 8.07. The smallest absolute Gasteiger partial charge is 0.273 e. The molecule has 0 aliphatic carbocycles. The van der Waals surface area contributed by atoms with Crippen LogP contribution in [0.1, 0.15) is 34.9 Å². The second-order valence-corrected chi connectivity index (χ2v) is 5.73. The van der Waals surface area contributed by atoms with Crippen molar-refractivity contribution in [2.45, 2.75) is 26.7 Å². The minimum Gasteiger partial charge on any atom is -0.476 e. The molecule has 0 aromatic carbocycles. The molecule has 1 aliphatic rings. The fraction of sp³-hybridized carbons (Fsp3) is 0.500. The monoisotopic (exact) mass is 331 g/mol. The highest BCUT2D eigenvalue weighted by molar-refractivity contribution is 5.92. The van der Waals surface area contributed by atoms with Crippen molar-refractivity contribution in [1.29, 1.82) is 0 Å². The lowest BCUT2D eigenvalue weighted by Gasteiger charge is -2.17. The van der Waals surface area contributed by atoms with Gasteiger partial charge in [-0.25, -0.2) is 4.98 Å². The van der Waals surface area contributed by atoms with Crippen molar-refractivity contribution in [2.75, 3.05) is 31.1 Å². The molecule has 0 radical (unpaired) electrons. The summed E-state index contributed by atoms with van der Waals surface area (Å²) in [5.74, 6) is 2.42. The van der Waals surface area contributed by atoms with E-state index in [0.717, 1.165) is 18.9 Å². The molecular formula is C16H21N5O3. The Balaban J connectivity index is 1.50. The van der Waals surface area contributed by atoms with Crippen LogP contribution in [0.25, 0.3) is 0 Å². The maximum absolute atomic E-state index is 11.8. The number of anilines is 1. The van der Waals surface area contributed by atoms with Gasteiger partial charge in [0.05, 0.1) is 6.54 Å². The number of hydrogen-bond donors (Lipinski definition) is 1. The molecule has 2 aromatic heterocycles. The molecule has 0 atom stereocenters. The average Bonchev–Trinajstić information content (AvgIpc) is 3.22. The molecule has 8 nitrogen and oxygen atoms in total. The third-order valence-corrected chi connectivity index (χ3v) is 3.73. The number of nitrogens with zero attached hydrogens (tertiary/aromatic N) is 4. The Morgan fingerprint density at radius 1 is 1.29 bits per heavy atom. The Kier molecular flexibility index (Phi) is 4.93. The number of aromatic nitrogens is 3. The van der Waals surface area contributed by atoms with Crippen LogP contribution >= 0.6 is 0 Å². The Morgan fingerprint density at radius 3 is 2.79 bits per heavy atom. The maximum atomic E-state index is 11.8. The van der Waals surface area contributed by atoms with E-state index in [1.54, 1.807) is 13.0 Å². The maximum Gasteiger partial charge on any atom is 0.273 e. The number of amides is 1. The topological polar surface area (TPSA) is 93.4 Å². The molecule has 3 heterocycles. The van der Waals surface area contributed by atoms with Gasteiger partial charge in [0.15, 0.2) is 5.69 Å². The van der Waals surface area contributed by atoms with Crippen LogP contribution in [0, 0.1) is 13.8 Å². The number of ether oxygens (including phenoxy) is 1. The van der Waals surface area contributed by atoms with Gasteiger partial charge in [-0.05, 0) is 26.7 Å². The zero-order valence-electron chi connectivity index (χ0n) is 13.9. The van der Waals surface area contributed by atoms with Gasteiger partial charge in [0.2, 0.25) is 5.88 Å². The standard InChI is InChI=1S/C16H21N5O3/c1-11-9-13(20-24-11)16(22)17-5-8-23-15-10-14(18-12(2)19-15)21-6-3-4-7-21/h9-10H,3-8H2,1-2H3,(H,17,22). The molecule has 1 N–H and O–H groups in total. The van der Waals surface area contributed by atoms with Crippen LogP contribution in [0.4, 0.5) is 5.82 Å². The van der Waals surface area contributed by atoms with E-state index in [4.69, 9.17) is 9.26 Å². The summed E-state index contributed by atoms with van der Waals surface area (Å²) in [4.78, 5) is 22.8. The van der Waals surface area contributed by atoms with E-state index in [-0.39, 0.29) is 11.6 Å².